The number of hydrogen-bond acceptors (Lipinski definition) is 5. The zero-order chi connectivity index (χ0) is 26.3. The van der Waals surface area contributed by atoms with Crippen LogP contribution in [0.4, 0.5) is 11.4 Å². The molecule has 2 fully saturated rings. The Morgan fingerprint density at radius 1 is 0.757 bits per heavy atom. The number of Topliss-reactive ketones (excluding diaryl/α,β-unsaturated/α-hetero) is 1. The van der Waals surface area contributed by atoms with Gasteiger partial charge in [0.2, 0.25) is 11.8 Å². The molecule has 2 amide bonds. The number of allylic oxidation sites excluding steroid dienone is 2. The fourth-order valence-electron chi connectivity index (χ4n) is 7.00. The minimum Gasteiger partial charge on any atom is -0.298 e. The van der Waals surface area contributed by atoms with E-state index in [1.807, 2.05) is 60.7 Å². The van der Waals surface area contributed by atoms with E-state index in [0.717, 1.165) is 27.2 Å². The molecule has 2 bridgehead atoms. The average Bonchev–Trinajstić information content (AvgIpc) is 3.34. The van der Waals surface area contributed by atoms with Crippen LogP contribution in [-0.2, 0) is 14.4 Å². The van der Waals surface area contributed by atoms with Crippen LogP contribution in [0.2, 0.25) is 0 Å². The third kappa shape index (κ3) is 2.74. The fraction of sp³-hybridized carbons (Fsp3) is 0.233. The molecule has 7 nitrogen and oxygen atoms in total. The molecular formula is C30H24N2O5. The summed E-state index contributed by atoms with van der Waals surface area (Å²) in [7, 11) is 0. The molecule has 2 aliphatic carbocycles. The molecule has 0 radical (unpaired) electrons. The lowest BCUT2D eigenvalue weighted by atomic mass is 9.63. The van der Waals surface area contributed by atoms with Crippen molar-refractivity contribution >= 4 is 40.1 Å². The van der Waals surface area contributed by atoms with Gasteiger partial charge in [-0.15, -0.1) is 0 Å². The van der Waals surface area contributed by atoms with Gasteiger partial charge in [-0.2, -0.15) is 0 Å². The number of aryl methyl sites for hydroxylation is 1. The van der Waals surface area contributed by atoms with E-state index in [1.165, 1.54) is 18.2 Å². The maximum absolute atomic E-state index is 14.3. The van der Waals surface area contributed by atoms with Crippen molar-refractivity contribution < 1.29 is 19.3 Å². The van der Waals surface area contributed by atoms with Crippen molar-refractivity contribution in [3.05, 3.63) is 106 Å². The first-order chi connectivity index (χ1) is 17.6. The largest absolute Gasteiger partial charge is 0.298 e. The summed E-state index contributed by atoms with van der Waals surface area (Å²) < 4.78 is 0. The topological polar surface area (TPSA) is 97.6 Å². The van der Waals surface area contributed by atoms with E-state index in [9.17, 15) is 24.5 Å². The molecule has 0 aromatic heterocycles. The van der Waals surface area contributed by atoms with Crippen LogP contribution in [0.25, 0.3) is 11.1 Å². The van der Waals surface area contributed by atoms with Gasteiger partial charge in [0.15, 0.2) is 5.78 Å². The summed E-state index contributed by atoms with van der Waals surface area (Å²) in [5.74, 6) is -2.92. The number of hydrogen-bond donors (Lipinski definition) is 0. The van der Waals surface area contributed by atoms with Crippen molar-refractivity contribution in [3.63, 3.8) is 0 Å². The Morgan fingerprint density at radius 2 is 1.22 bits per heavy atom. The number of carbonyl (C=O) groups excluding carboxylic acids is 3. The van der Waals surface area contributed by atoms with E-state index in [-0.39, 0.29) is 17.2 Å². The van der Waals surface area contributed by atoms with Gasteiger partial charge in [0.05, 0.1) is 33.3 Å². The summed E-state index contributed by atoms with van der Waals surface area (Å²) in [6, 6.07) is 23.2. The highest BCUT2D eigenvalue weighted by atomic mass is 16.6. The third-order valence-corrected chi connectivity index (χ3v) is 8.55. The van der Waals surface area contributed by atoms with Crippen LogP contribution < -0.4 is 4.90 Å². The van der Waals surface area contributed by atoms with Gasteiger partial charge in [-0.25, -0.2) is 4.90 Å². The first kappa shape index (κ1) is 23.0. The van der Waals surface area contributed by atoms with Crippen molar-refractivity contribution in [2.75, 3.05) is 4.90 Å². The first-order valence-electron chi connectivity index (χ1n) is 12.2. The fourth-order valence-corrected chi connectivity index (χ4v) is 7.00. The molecule has 37 heavy (non-hydrogen) atoms. The predicted molar refractivity (Wildman–Crippen MR) is 138 cm³/mol. The van der Waals surface area contributed by atoms with Crippen molar-refractivity contribution in [1.82, 2.24) is 0 Å². The molecule has 3 aromatic carbocycles. The lowest BCUT2D eigenvalue weighted by Crippen LogP contribution is -2.40. The van der Waals surface area contributed by atoms with Crippen molar-refractivity contribution in [1.29, 1.82) is 0 Å². The number of nitro benzene ring substituents is 1. The maximum Gasteiger partial charge on any atom is 0.271 e. The molecule has 4 atom stereocenters. The Bertz CT molecular complexity index is 1480. The lowest BCUT2D eigenvalue weighted by molar-refractivity contribution is -0.384. The van der Waals surface area contributed by atoms with Crippen LogP contribution >= 0.6 is 0 Å². The Morgan fingerprint density at radius 3 is 1.65 bits per heavy atom. The smallest absolute Gasteiger partial charge is 0.271 e. The zero-order valence-corrected chi connectivity index (χ0v) is 20.6. The molecule has 7 heteroatoms. The van der Waals surface area contributed by atoms with E-state index in [2.05, 4.69) is 0 Å². The molecule has 184 valence electrons. The lowest BCUT2D eigenvalue weighted by Gasteiger charge is -2.35. The minimum absolute atomic E-state index is 0.134. The Kier molecular flexibility index (Phi) is 4.70. The summed E-state index contributed by atoms with van der Waals surface area (Å²) in [6.07, 6.45) is 0. The number of carbonyl (C=O) groups is 3. The molecule has 1 aliphatic heterocycles. The Balaban J connectivity index is 1.61. The number of ketones is 1. The van der Waals surface area contributed by atoms with Crippen LogP contribution in [0.15, 0.2) is 78.9 Å². The van der Waals surface area contributed by atoms with Crippen LogP contribution in [0.3, 0.4) is 0 Å². The van der Waals surface area contributed by atoms with E-state index in [1.54, 1.807) is 20.8 Å². The highest BCUT2D eigenvalue weighted by Crippen LogP contribution is 2.73. The zero-order valence-electron chi connectivity index (χ0n) is 20.6. The van der Waals surface area contributed by atoms with Crippen LogP contribution in [0.5, 0.6) is 0 Å². The van der Waals surface area contributed by atoms with Crippen LogP contribution in [0, 0.1) is 39.7 Å². The second-order valence-electron chi connectivity index (χ2n) is 10.4. The number of rotatable bonds is 4. The molecule has 1 saturated heterocycles. The number of nitrogens with zero attached hydrogens (tertiary/aromatic N) is 2. The molecule has 0 spiro atoms. The third-order valence-electron chi connectivity index (χ3n) is 8.55. The molecule has 1 saturated carbocycles. The number of imide groups is 1. The van der Waals surface area contributed by atoms with Crippen molar-refractivity contribution in [2.24, 2.45) is 22.7 Å². The molecule has 0 unspecified atom stereocenters. The number of nitro groups is 1. The number of benzene rings is 3. The van der Waals surface area contributed by atoms with E-state index < -0.39 is 39.4 Å². The Hall–Kier alpha value is -4.39. The van der Waals surface area contributed by atoms with Crippen molar-refractivity contribution in [3.8, 4) is 0 Å². The van der Waals surface area contributed by atoms with Crippen LogP contribution in [0.1, 0.15) is 30.5 Å². The summed E-state index contributed by atoms with van der Waals surface area (Å²) in [5, 5.41) is 11.5. The van der Waals surface area contributed by atoms with E-state index >= 15 is 0 Å². The van der Waals surface area contributed by atoms with Gasteiger partial charge in [-0.3, -0.25) is 24.5 Å². The van der Waals surface area contributed by atoms with Crippen molar-refractivity contribution in [2.45, 2.75) is 20.8 Å². The highest BCUT2D eigenvalue weighted by Gasteiger charge is 2.79. The number of fused-ring (bicyclic) bond motifs is 5. The van der Waals surface area contributed by atoms with E-state index in [0.29, 0.717) is 5.56 Å². The summed E-state index contributed by atoms with van der Waals surface area (Å²) in [5.41, 5.74) is 1.31. The second-order valence-corrected chi connectivity index (χ2v) is 10.4. The normalized spacial score (nSPS) is 28.3. The number of non-ortho nitro benzene ring substituents is 1. The molecule has 3 aliphatic rings. The monoisotopic (exact) mass is 492 g/mol. The Labute approximate surface area is 213 Å². The predicted octanol–water partition coefficient (Wildman–Crippen LogP) is 5.23. The summed E-state index contributed by atoms with van der Waals surface area (Å²) >= 11 is 0. The van der Waals surface area contributed by atoms with E-state index in [4.69, 9.17) is 0 Å². The maximum atomic E-state index is 14.3. The van der Waals surface area contributed by atoms with Gasteiger partial charge in [-0.05, 0) is 48.6 Å². The second kappa shape index (κ2) is 7.56. The van der Waals surface area contributed by atoms with Gasteiger partial charge < -0.3 is 0 Å². The minimum atomic E-state index is -1.23. The summed E-state index contributed by atoms with van der Waals surface area (Å²) in [4.78, 5) is 54.5. The van der Waals surface area contributed by atoms with Gasteiger partial charge in [-0.1, -0.05) is 66.7 Å². The van der Waals surface area contributed by atoms with Gasteiger partial charge in [0.1, 0.15) is 0 Å². The molecule has 1 heterocycles. The van der Waals surface area contributed by atoms with Crippen LogP contribution in [-0.4, -0.2) is 22.5 Å². The highest BCUT2D eigenvalue weighted by molar-refractivity contribution is 6.34. The number of anilines is 1. The summed E-state index contributed by atoms with van der Waals surface area (Å²) in [6.45, 7) is 5.27. The SMILES string of the molecule is Cc1ccc([N+](=O)[O-])cc1N1C(=O)[C@@H]2[C@H](C1=O)[C@@]1(C)C(=O)[C@@]2(C)C(c2ccccc2)=C1c1ccccc1. The molecular weight excluding hydrogens is 468 g/mol. The average molecular weight is 493 g/mol. The number of amides is 2. The molecule has 0 N–H and O–H groups in total. The van der Waals surface area contributed by atoms with Gasteiger partial charge >= 0.3 is 0 Å². The molecule has 6 rings (SSSR count). The first-order valence-corrected chi connectivity index (χ1v) is 12.2. The van der Waals surface area contributed by atoms with Gasteiger partial charge in [0.25, 0.3) is 5.69 Å². The van der Waals surface area contributed by atoms with Gasteiger partial charge in [0, 0.05) is 12.1 Å². The standard InChI is InChI=1S/C30H24N2O5/c1-17-14-15-20(32(36)37)16-21(17)31-26(33)24-25(27(31)34)30(3)23(19-12-8-5-9-13-19)22(29(24,2)28(30)35)18-10-6-4-7-11-18/h4-16,24-25H,1-3H3/t24-,25+,29-,30-/m0/s1. The molecule has 3 aromatic rings. The quantitative estimate of drug-likeness (QED) is 0.282.